The predicted octanol–water partition coefficient (Wildman–Crippen LogP) is 6.38. The highest BCUT2D eigenvalue weighted by atomic mass is 15.3. The van der Waals surface area contributed by atoms with Crippen molar-refractivity contribution in [3.8, 4) is 0 Å². The van der Waals surface area contributed by atoms with Crippen LogP contribution in [0.2, 0.25) is 0 Å². The SMILES string of the molecule is CC(C)(CCC(C)(C)N1CCC2CN(C(C)(C)C)CC2C1)C1CC2CN(C(C)(C)C)CC2C1. The molecule has 0 spiro atoms. The second-order valence-electron chi connectivity index (χ2n) is 15.9. The smallest absolute Gasteiger partial charge is 0.0153 e. The summed E-state index contributed by atoms with van der Waals surface area (Å²) in [5.74, 6) is 4.64. The average Bonchev–Trinajstić information content (AvgIpc) is 3.37. The number of hydrogen-bond acceptors (Lipinski definition) is 3. The number of fused-ring (bicyclic) bond motifs is 2. The molecule has 1 saturated carbocycles. The molecule has 33 heavy (non-hydrogen) atoms. The first-order valence-electron chi connectivity index (χ1n) is 14.3. The number of rotatable bonds is 5. The Morgan fingerprint density at radius 3 is 1.52 bits per heavy atom. The van der Waals surface area contributed by atoms with Crippen LogP contribution >= 0.6 is 0 Å². The van der Waals surface area contributed by atoms with E-state index in [-0.39, 0.29) is 0 Å². The fourth-order valence-corrected chi connectivity index (χ4v) is 7.74. The van der Waals surface area contributed by atoms with E-state index >= 15 is 0 Å². The average molecular weight is 460 g/mol. The van der Waals surface area contributed by atoms with Gasteiger partial charge in [-0.25, -0.2) is 0 Å². The fourth-order valence-electron chi connectivity index (χ4n) is 7.74. The largest absolute Gasteiger partial charge is 0.298 e. The van der Waals surface area contributed by atoms with E-state index in [4.69, 9.17) is 0 Å². The van der Waals surface area contributed by atoms with Crippen molar-refractivity contribution in [1.29, 1.82) is 0 Å². The Morgan fingerprint density at radius 2 is 1.00 bits per heavy atom. The second-order valence-corrected chi connectivity index (χ2v) is 15.9. The van der Waals surface area contributed by atoms with Gasteiger partial charge in [0.25, 0.3) is 0 Å². The maximum Gasteiger partial charge on any atom is 0.0153 e. The van der Waals surface area contributed by atoms with E-state index in [2.05, 4.69) is 83.9 Å². The molecule has 4 rings (SSSR count). The molecule has 4 fully saturated rings. The van der Waals surface area contributed by atoms with Crippen LogP contribution in [0.15, 0.2) is 0 Å². The maximum absolute atomic E-state index is 2.88. The van der Waals surface area contributed by atoms with E-state index in [0.717, 1.165) is 29.6 Å². The summed E-state index contributed by atoms with van der Waals surface area (Å²) in [6, 6.07) is 0. The molecule has 3 aliphatic heterocycles. The van der Waals surface area contributed by atoms with Gasteiger partial charge >= 0.3 is 0 Å². The van der Waals surface area contributed by atoms with Gasteiger partial charge in [-0.2, -0.15) is 0 Å². The van der Waals surface area contributed by atoms with Gasteiger partial charge in [0.1, 0.15) is 0 Å². The van der Waals surface area contributed by atoms with E-state index in [1.165, 1.54) is 71.4 Å². The molecule has 4 aliphatic rings. The highest BCUT2D eigenvalue weighted by molar-refractivity contribution is 5.01. The molecular formula is C30H57N3. The first-order valence-corrected chi connectivity index (χ1v) is 14.3. The van der Waals surface area contributed by atoms with Crippen LogP contribution in [-0.4, -0.2) is 70.6 Å². The summed E-state index contributed by atoms with van der Waals surface area (Å²) >= 11 is 0. The maximum atomic E-state index is 2.88. The minimum atomic E-state index is 0.325. The predicted molar refractivity (Wildman–Crippen MR) is 143 cm³/mol. The van der Waals surface area contributed by atoms with Gasteiger partial charge in [-0.15, -0.1) is 0 Å². The quantitative estimate of drug-likeness (QED) is 0.472. The van der Waals surface area contributed by atoms with Crippen molar-refractivity contribution in [3.63, 3.8) is 0 Å². The van der Waals surface area contributed by atoms with Crippen LogP contribution in [0, 0.1) is 35.0 Å². The lowest BCUT2D eigenvalue weighted by atomic mass is 9.71. The molecule has 0 aromatic rings. The lowest BCUT2D eigenvalue weighted by molar-refractivity contribution is 0.0332. The molecule has 3 heteroatoms. The number of likely N-dealkylation sites (tertiary alicyclic amines) is 3. The van der Waals surface area contributed by atoms with E-state index in [1.807, 2.05) is 0 Å². The monoisotopic (exact) mass is 459 g/mol. The Bertz CT molecular complexity index is 668. The second kappa shape index (κ2) is 8.77. The first kappa shape index (κ1) is 26.0. The Balaban J connectivity index is 1.29. The molecule has 0 amide bonds. The molecule has 0 aromatic carbocycles. The molecule has 0 aromatic heterocycles. The van der Waals surface area contributed by atoms with Crippen molar-refractivity contribution in [3.05, 3.63) is 0 Å². The topological polar surface area (TPSA) is 9.72 Å². The molecule has 0 bridgehead atoms. The van der Waals surface area contributed by atoms with Gasteiger partial charge in [0.15, 0.2) is 0 Å². The molecule has 4 unspecified atom stereocenters. The zero-order valence-corrected chi connectivity index (χ0v) is 24.0. The van der Waals surface area contributed by atoms with E-state index in [9.17, 15) is 0 Å². The fraction of sp³-hybridized carbons (Fsp3) is 1.00. The lowest BCUT2D eigenvalue weighted by Gasteiger charge is -2.46. The molecule has 3 saturated heterocycles. The van der Waals surface area contributed by atoms with Crippen molar-refractivity contribution >= 4 is 0 Å². The van der Waals surface area contributed by atoms with Crippen LogP contribution < -0.4 is 0 Å². The molecule has 3 heterocycles. The Labute approximate surface area is 207 Å². The Hall–Kier alpha value is -0.120. The van der Waals surface area contributed by atoms with Gasteiger partial charge in [0.05, 0.1) is 0 Å². The number of hydrogen-bond donors (Lipinski definition) is 0. The molecule has 192 valence electrons. The third-order valence-corrected chi connectivity index (χ3v) is 10.8. The molecule has 1 aliphatic carbocycles. The minimum Gasteiger partial charge on any atom is -0.298 e. The molecular weight excluding hydrogens is 402 g/mol. The zero-order valence-electron chi connectivity index (χ0n) is 24.0. The van der Waals surface area contributed by atoms with Crippen LogP contribution in [0.25, 0.3) is 0 Å². The lowest BCUT2D eigenvalue weighted by Crippen LogP contribution is -2.51. The third kappa shape index (κ3) is 5.51. The summed E-state index contributed by atoms with van der Waals surface area (Å²) in [6.07, 6.45) is 7.08. The van der Waals surface area contributed by atoms with Crippen LogP contribution in [0.5, 0.6) is 0 Å². The van der Waals surface area contributed by atoms with Gasteiger partial charge in [0.2, 0.25) is 0 Å². The van der Waals surface area contributed by atoms with Gasteiger partial charge in [0, 0.05) is 49.3 Å². The highest BCUT2D eigenvalue weighted by Gasteiger charge is 2.48. The molecule has 0 radical (unpaired) electrons. The Morgan fingerprint density at radius 1 is 0.545 bits per heavy atom. The van der Waals surface area contributed by atoms with Crippen molar-refractivity contribution < 1.29 is 0 Å². The van der Waals surface area contributed by atoms with Crippen molar-refractivity contribution in [2.45, 2.75) is 118 Å². The summed E-state index contributed by atoms with van der Waals surface area (Å²) in [5.41, 5.74) is 1.47. The first-order chi connectivity index (χ1) is 15.1. The minimum absolute atomic E-state index is 0.325. The number of piperidine rings is 1. The summed E-state index contributed by atoms with van der Waals surface area (Å²) in [5, 5.41) is 0. The van der Waals surface area contributed by atoms with Crippen LogP contribution in [0.4, 0.5) is 0 Å². The van der Waals surface area contributed by atoms with Crippen LogP contribution in [-0.2, 0) is 0 Å². The third-order valence-electron chi connectivity index (χ3n) is 10.8. The number of nitrogens with zero attached hydrogens (tertiary/aromatic N) is 3. The highest BCUT2D eigenvalue weighted by Crippen LogP contribution is 2.51. The van der Waals surface area contributed by atoms with E-state index in [1.54, 1.807) is 0 Å². The molecule has 0 N–H and O–H groups in total. The summed E-state index contributed by atoms with van der Waals surface area (Å²) < 4.78 is 0. The van der Waals surface area contributed by atoms with Crippen LogP contribution in [0.3, 0.4) is 0 Å². The Kier molecular flexibility index (Phi) is 6.90. The van der Waals surface area contributed by atoms with Crippen molar-refractivity contribution in [2.75, 3.05) is 39.3 Å². The normalized spacial score (nSPS) is 35.3. The van der Waals surface area contributed by atoms with Gasteiger partial charge < -0.3 is 0 Å². The molecule has 3 nitrogen and oxygen atoms in total. The van der Waals surface area contributed by atoms with Gasteiger partial charge in [-0.05, 0) is 129 Å². The summed E-state index contributed by atoms with van der Waals surface area (Å²) in [4.78, 5) is 8.38. The van der Waals surface area contributed by atoms with Gasteiger partial charge in [-0.3, -0.25) is 14.7 Å². The standard InChI is InChI=1S/C30H57N3/c1-27(2,3)32-17-22-11-14-31(20-25(22)21-32)30(9,10)13-12-29(7,8)26-15-23-18-33(28(4,5)6)19-24(23)16-26/h22-26H,11-21H2,1-10H3. The summed E-state index contributed by atoms with van der Waals surface area (Å²) in [7, 11) is 0. The van der Waals surface area contributed by atoms with Gasteiger partial charge in [-0.1, -0.05) is 13.8 Å². The van der Waals surface area contributed by atoms with E-state index < -0.39 is 0 Å². The van der Waals surface area contributed by atoms with Crippen LogP contribution in [0.1, 0.15) is 101 Å². The van der Waals surface area contributed by atoms with E-state index in [0.29, 0.717) is 22.0 Å². The molecule has 4 atom stereocenters. The van der Waals surface area contributed by atoms with Crippen molar-refractivity contribution in [1.82, 2.24) is 14.7 Å². The van der Waals surface area contributed by atoms with Crippen molar-refractivity contribution in [2.24, 2.45) is 35.0 Å². The zero-order chi connectivity index (χ0) is 24.4. The summed E-state index contributed by atoms with van der Waals surface area (Å²) in [6.45, 7) is 32.6.